The molecule has 1 fully saturated rings. The average molecular weight is 207 g/mol. The fourth-order valence-electron chi connectivity index (χ4n) is 2.03. The van der Waals surface area contributed by atoms with E-state index < -0.39 is 0 Å². The molecule has 1 aliphatic carbocycles. The van der Waals surface area contributed by atoms with Crippen molar-refractivity contribution in [1.82, 2.24) is 0 Å². The standard InChI is InChI=1S/C12H17NS/c1-9-3-4-10(14-2)7-11(9)12(8-13)5-6-12/h3-4,7H,5-6,8,13H2,1-2H3. The summed E-state index contributed by atoms with van der Waals surface area (Å²) in [5.74, 6) is 0. The lowest BCUT2D eigenvalue weighted by Gasteiger charge is -2.16. The second-order valence-electron chi connectivity index (χ2n) is 4.17. The van der Waals surface area contributed by atoms with Crippen LogP contribution in [-0.2, 0) is 5.41 Å². The van der Waals surface area contributed by atoms with Crippen LogP contribution in [0.3, 0.4) is 0 Å². The molecule has 0 unspecified atom stereocenters. The molecule has 1 aromatic carbocycles. The van der Waals surface area contributed by atoms with Crippen molar-refractivity contribution in [1.29, 1.82) is 0 Å². The van der Waals surface area contributed by atoms with Gasteiger partial charge in [-0.2, -0.15) is 0 Å². The molecule has 0 aliphatic heterocycles. The summed E-state index contributed by atoms with van der Waals surface area (Å²) in [6, 6.07) is 6.73. The van der Waals surface area contributed by atoms with Gasteiger partial charge in [-0.1, -0.05) is 6.07 Å². The maximum Gasteiger partial charge on any atom is 0.00792 e. The molecule has 0 heterocycles. The molecule has 1 saturated carbocycles. The first-order valence-corrected chi connectivity index (χ1v) is 6.29. The lowest BCUT2D eigenvalue weighted by molar-refractivity contribution is 0.697. The highest BCUT2D eigenvalue weighted by atomic mass is 32.2. The smallest absolute Gasteiger partial charge is 0.00792 e. The van der Waals surface area contributed by atoms with Crippen LogP contribution in [0.1, 0.15) is 24.0 Å². The van der Waals surface area contributed by atoms with Crippen LogP contribution in [0.25, 0.3) is 0 Å². The van der Waals surface area contributed by atoms with Crippen molar-refractivity contribution in [2.45, 2.75) is 30.1 Å². The van der Waals surface area contributed by atoms with Crippen LogP contribution in [-0.4, -0.2) is 12.8 Å². The number of hydrogen-bond acceptors (Lipinski definition) is 2. The zero-order valence-corrected chi connectivity index (χ0v) is 9.66. The molecule has 0 saturated heterocycles. The molecule has 1 aromatic rings. The second-order valence-corrected chi connectivity index (χ2v) is 5.04. The Morgan fingerprint density at radius 1 is 1.43 bits per heavy atom. The van der Waals surface area contributed by atoms with Crippen molar-refractivity contribution in [2.24, 2.45) is 5.73 Å². The molecule has 2 heteroatoms. The van der Waals surface area contributed by atoms with Crippen molar-refractivity contribution in [3.8, 4) is 0 Å². The monoisotopic (exact) mass is 207 g/mol. The van der Waals surface area contributed by atoms with Gasteiger partial charge in [0.1, 0.15) is 0 Å². The summed E-state index contributed by atoms with van der Waals surface area (Å²) in [7, 11) is 0. The minimum absolute atomic E-state index is 0.329. The van der Waals surface area contributed by atoms with Gasteiger partial charge in [-0.05, 0) is 49.3 Å². The molecule has 0 bridgehead atoms. The van der Waals surface area contributed by atoms with Gasteiger partial charge in [-0.3, -0.25) is 0 Å². The Kier molecular flexibility index (Phi) is 2.58. The summed E-state index contributed by atoms with van der Waals surface area (Å²) in [5.41, 5.74) is 9.06. The topological polar surface area (TPSA) is 26.0 Å². The van der Waals surface area contributed by atoms with Crippen molar-refractivity contribution >= 4 is 11.8 Å². The van der Waals surface area contributed by atoms with Gasteiger partial charge >= 0.3 is 0 Å². The fourth-order valence-corrected chi connectivity index (χ4v) is 2.47. The fraction of sp³-hybridized carbons (Fsp3) is 0.500. The van der Waals surface area contributed by atoms with E-state index in [1.807, 2.05) is 0 Å². The molecule has 0 radical (unpaired) electrons. The SMILES string of the molecule is CSc1ccc(C)c(C2(CN)CC2)c1. The minimum Gasteiger partial charge on any atom is -0.330 e. The molecular weight excluding hydrogens is 190 g/mol. The van der Waals surface area contributed by atoms with E-state index in [-0.39, 0.29) is 0 Å². The van der Waals surface area contributed by atoms with Crippen molar-refractivity contribution in [3.05, 3.63) is 29.3 Å². The van der Waals surface area contributed by atoms with Gasteiger partial charge < -0.3 is 5.73 Å². The largest absolute Gasteiger partial charge is 0.330 e. The Hall–Kier alpha value is -0.470. The van der Waals surface area contributed by atoms with Crippen LogP contribution in [0, 0.1) is 6.92 Å². The molecule has 14 heavy (non-hydrogen) atoms. The maximum atomic E-state index is 5.85. The maximum absolute atomic E-state index is 5.85. The number of rotatable bonds is 3. The van der Waals surface area contributed by atoms with E-state index >= 15 is 0 Å². The average Bonchev–Trinajstić information content (AvgIpc) is 2.99. The zero-order chi connectivity index (χ0) is 10.2. The van der Waals surface area contributed by atoms with Gasteiger partial charge in [0.05, 0.1) is 0 Å². The highest BCUT2D eigenvalue weighted by Crippen LogP contribution is 2.48. The van der Waals surface area contributed by atoms with E-state index in [0.717, 1.165) is 6.54 Å². The molecule has 2 N–H and O–H groups in total. The molecule has 1 nitrogen and oxygen atoms in total. The van der Waals surface area contributed by atoms with Gasteiger partial charge in [-0.15, -0.1) is 11.8 Å². The van der Waals surface area contributed by atoms with Crippen LogP contribution >= 0.6 is 11.8 Å². The third kappa shape index (κ3) is 1.57. The molecule has 76 valence electrons. The third-order valence-corrected chi connectivity index (χ3v) is 3.99. The van der Waals surface area contributed by atoms with E-state index in [0.29, 0.717) is 5.41 Å². The molecular formula is C12H17NS. The third-order valence-electron chi connectivity index (χ3n) is 3.26. The van der Waals surface area contributed by atoms with Gasteiger partial charge in [0.2, 0.25) is 0 Å². The predicted molar refractivity (Wildman–Crippen MR) is 62.9 cm³/mol. The normalized spacial score (nSPS) is 18.2. The summed E-state index contributed by atoms with van der Waals surface area (Å²) in [6.07, 6.45) is 4.65. The highest BCUT2D eigenvalue weighted by molar-refractivity contribution is 7.98. The van der Waals surface area contributed by atoms with Crippen molar-refractivity contribution in [3.63, 3.8) is 0 Å². The van der Waals surface area contributed by atoms with Gasteiger partial charge in [-0.25, -0.2) is 0 Å². The van der Waals surface area contributed by atoms with Crippen LogP contribution in [0.15, 0.2) is 23.1 Å². The van der Waals surface area contributed by atoms with Crippen LogP contribution in [0.4, 0.5) is 0 Å². The molecule has 1 aliphatic rings. The van der Waals surface area contributed by atoms with E-state index in [1.165, 1.54) is 28.9 Å². The Labute approximate surface area is 90.1 Å². The van der Waals surface area contributed by atoms with E-state index in [4.69, 9.17) is 5.73 Å². The first kappa shape index (κ1) is 10.1. The zero-order valence-electron chi connectivity index (χ0n) is 8.84. The van der Waals surface area contributed by atoms with E-state index in [1.54, 1.807) is 11.8 Å². The molecule has 2 rings (SSSR count). The highest BCUT2D eigenvalue weighted by Gasteiger charge is 2.43. The number of nitrogens with two attached hydrogens (primary N) is 1. The molecule has 0 amide bonds. The molecule has 0 spiro atoms. The lowest BCUT2D eigenvalue weighted by Crippen LogP contribution is -2.20. The van der Waals surface area contributed by atoms with Crippen LogP contribution in [0.5, 0.6) is 0 Å². The number of thioether (sulfide) groups is 1. The Morgan fingerprint density at radius 3 is 2.64 bits per heavy atom. The summed E-state index contributed by atoms with van der Waals surface area (Å²) in [5, 5.41) is 0. The summed E-state index contributed by atoms with van der Waals surface area (Å²) >= 11 is 1.81. The van der Waals surface area contributed by atoms with Gasteiger partial charge in [0.15, 0.2) is 0 Å². The summed E-state index contributed by atoms with van der Waals surface area (Å²) < 4.78 is 0. The Balaban J connectivity index is 2.41. The van der Waals surface area contributed by atoms with Crippen LogP contribution < -0.4 is 5.73 Å². The predicted octanol–water partition coefficient (Wildman–Crippen LogP) is 2.71. The van der Waals surface area contributed by atoms with E-state index in [2.05, 4.69) is 31.4 Å². The quantitative estimate of drug-likeness (QED) is 0.771. The number of hydrogen-bond donors (Lipinski definition) is 1. The molecule has 0 aromatic heterocycles. The molecule has 0 atom stereocenters. The Morgan fingerprint density at radius 2 is 2.14 bits per heavy atom. The first-order valence-electron chi connectivity index (χ1n) is 5.07. The minimum atomic E-state index is 0.329. The van der Waals surface area contributed by atoms with Crippen molar-refractivity contribution < 1.29 is 0 Å². The summed E-state index contributed by atoms with van der Waals surface area (Å²) in [6.45, 7) is 2.99. The summed E-state index contributed by atoms with van der Waals surface area (Å²) in [4.78, 5) is 1.35. The number of aryl methyl sites for hydroxylation is 1. The number of benzene rings is 1. The Bertz CT molecular complexity index is 342. The second kappa shape index (κ2) is 3.59. The van der Waals surface area contributed by atoms with Gasteiger partial charge in [0.25, 0.3) is 0 Å². The lowest BCUT2D eigenvalue weighted by atomic mass is 9.92. The first-order chi connectivity index (χ1) is 6.72. The van der Waals surface area contributed by atoms with Crippen molar-refractivity contribution in [2.75, 3.05) is 12.8 Å². The van der Waals surface area contributed by atoms with E-state index in [9.17, 15) is 0 Å². The van der Waals surface area contributed by atoms with Gasteiger partial charge in [0, 0.05) is 16.9 Å². The van der Waals surface area contributed by atoms with Crippen LogP contribution in [0.2, 0.25) is 0 Å².